The highest BCUT2D eigenvalue weighted by Gasteiger charge is 2.33. The molecule has 0 bridgehead atoms. The van der Waals surface area contributed by atoms with Crippen LogP contribution in [0.1, 0.15) is 50.2 Å². The van der Waals surface area contributed by atoms with E-state index < -0.39 is 0 Å². The summed E-state index contributed by atoms with van der Waals surface area (Å²) in [6.45, 7) is 8.32. The van der Waals surface area contributed by atoms with Crippen molar-refractivity contribution >= 4 is 0 Å². The second-order valence-electron chi connectivity index (χ2n) is 6.70. The van der Waals surface area contributed by atoms with Crippen LogP contribution in [0.4, 0.5) is 0 Å². The van der Waals surface area contributed by atoms with Crippen molar-refractivity contribution in [1.29, 1.82) is 0 Å². The van der Waals surface area contributed by atoms with E-state index in [-0.39, 0.29) is 11.1 Å². The number of aryl methyl sites for hydroxylation is 1. The van der Waals surface area contributed by atoms with Gasteiger partial charge in [0.1, 0.15) is 5.82 Å². The molecule has 2 aliphatic rings. The van der Waals surface area contributed by atoms with Crippen LogP contribution in [0.5, 0.6) is 0 Å². The molecule has 0 saturated carbocycles. The number of rotatable bonds is 2. The van der Waals surface area contributed by atoms with Crippen molar-refractivity contribution in [2.45, 2.75) is 51.5 Å². The Bertz CT molecular complexity index is 558. The van der Waals surface area contributed by atoms with E-state index in [1.165, 1.54) is 6.42 Å². The Morgan fingerprint density at radius 1 is 1.10 bits per heavy atom. The lowest BCUT2D eigenvalue weighted by molar-refractivity contribution is 0.0943. The van der Waals surface area contributed by atoms with Crippen LogP contribution in [-0.4, -0.2) is 41.0 Å². The van der Waals surface area contributed by atoms with E-state index in [0.717, 1.165) is 68.9 Å². The van der Waals surface area contributed by atoms with Gasteiger partial charge in [-0.25, -0.2) is 4.98 Å². The van der Waals surface area contributed by atoms with E-state index in [2.05, 4.69) is 29.0 Å². The average Bonchev–Trinajstić information content (AvgIpc) is 2.74. The summed E-state index contributed by atoms with van der Waals surface area (Å²) in [6, 6.07) is 0. The van der Waals surface area contributed by atoms with Crippen LogP contribution < -0.4 is 10.9 Å². The summed E-state index contributed by atoms with van der Waals surface area (Å²) in [4.78, 5) is 22.8. The Kier molecular flexibility index (Phi) is 4.13. The zero-order valence-electron chi connectivity index (χ0n) is 13.2. The first-order valence-electron chi connectivity index (χ1n) is 8.17. The van der Waals surface area contributed by atoms with E-state index in [0.29, 0.717) is 0 Å². The Balaban J connectivity index is 1.96. The van der Waals surface area contributed by atoms with Gasteiger partial charge in [0.2, 0.25) is 0 Å². The second kappa shape index (κ2) is 5.89. The molecule has 0 aromatic carbocycles. The van der Waals surface area contributed by atoms with E-state index in [1.807, 2.05) is 0 Å². The Labute approximate surface area is 126 Å². The van der Waals surface area contributed by atoms with Crippen molar-refractivity contribution in [3.63, 3.8) is 0 Å². The maximum absolute atomic E-state index is 12.4. The zero-order valence-corrected chi connectivity index (χ0v) is 13.2. The van der Waals surface area contributed by atoms with Crippen molar-refractivity contribution in [2.75, 3.05) is 26.2 Å². The molecule has 1 aliphatic heterocycles. The fourth-order valence-electron chi connectivity index (χ4n) is 3.44. The van der Waals surface area contributed by atoms with Crippen LogP contribution in [0, 0.1) is 0 Å². The number of piperazine rings is 1. The third-order valence-corrected chi connectivity index (χ3v) is 4.93. The minimum absolute atomic E-state index is 0.0834. The van der Waals surface area contributed by atoms with Crippen molar-refractivity contribution in [3.8, 4) is 0 Å². The smallest absolute Gasteiger partial charge is 0.254 e. The van der Waals surface area contributed by atoms with Crippen LogP contribution in [0.3, 0.4) is 0 Å². The lowest BCUT2D eigenvalue weighted by Crippen LogP contribution is -2.52. The molecule has 1 aliphatic carbocycles. The molecule has 5 nitrogen and oxygen atoms in total. The molecule has 0 amide bonds. The van der Waals surface area contributed by atoms with Gasteiger partial charge in [0.15, 0.2) is 0 Å². The molecule has 5 heteroatoms. The minimum Gasteiger partial charge on any atom is -0.314 e. The summed E-state index contributed by atoms with van der Waals surface area (Å²) in [5.41, 5.74) is 1.82. The number of nitrogens with zero attached hydrogens (tertiary/aromatic N) is 2. The van der Waals surface area contributed by atoms with Gasteiger partial charge in [-0.3, -0.25) is 9.69 Å². The number of aromatic amines is 1. The van der Waals surface area contributed by atoms with Crippen molar-refractivity contribution in [2.24, 2.45) is 0 Å². The molecule has 1 aromatic rings. The summed E-state index contributed by atoms with van der Waals surface area (Å²) < 4.78 is 0. The molecule has 116 valence electrons. The first-order valence-corrected chi connectivity index (χ1v) is 8.17. The maximum Gasteiger partial charge on any atom is 0.254 e. The summed E-state index contributed by atoms with van der Waals surface area (Å²) in [7, 11) is 0. The van der Waals surface area contributed by atoms with E-state index in [1.54, 1.807) is 0 Å². The summed E-state index contributed by atoms with van der Waals surface area (Å²) >= 11 is 0. The first-order chi connectivity index (χ1) is 10.1. The van der Waals surface area contributed by atoms with Crippen molar-refractivity contribution in [1.82, 2.24) is 20.2 Å². The first kappa shape index (κ1) is 14.7. The molecule has 1 fully saturated rings. The maximum atomic E-state index is 12.4. The molecule has 0 atom stereocenters. The van der Waals surface area contributed by atoms with Gasteiger partial charge in [-0.2, -0.15) is 0 Å². The van der Waals surface area contributed by atoms with Gasteiger partial charge < -0.3 is 10.3 Å². The van der Waals surface area contributed by atoms with Crippen LogP contribution >= 0.6 is 0 Å². The summed E-state index contributed by atoms with van der Waals surface area (Å²) in [5.74, 6) is 0.829. The Morgan fingerprint density at radius 3 is 2.57 bits per heavy atom. The van der Waals surface area contributed by atoms with Crippen LogP contribution in [-0.2, 0) is 18.4 Å². The lowest BCUT2D eigenvalue weighted by Gasteiger charge is -2.40. The molecule has 1 aromatic heterocycles. The summed E-state index contributed by atoms with van der Waals surface area (Å²) in [6.07, 6.45) is 5.29. The van der Waals surface area contributed by atoms with Gasteiger partial charge in [0, 0.05) is 31.7 Å². The third-order valence-electron chi connectivity index (χ3n) is 4.93. The molecule has 1 saturated heterocycles. The molecule has 2 heterocycles. The van der Waals surface area contributed by atoms with Gasteiger partial charge in [-0.05, 0) is 39.5 Å². The van der Waals surface area contributed by atoms with Gasteiger partial charge in [-0.15, -0.1) is 0 Å². The normalized spacial score (nSPS) is 20.9. The van der Waals surface area contributed by atoms with Crippen molar-refractivity contribution in [3.05, 3.63) is 27.4 Å². The molecular formula is C16H26N4O. The summed E-state index contributed by atoms with van der Waals surface area (Å²) in [5, 5.41) is 3.37. The molecule has 2 N–H and O–H groups in total. The Morgan fingerprint density at radius 2 is 1.81 bits per heavy atom. The van der Waals surface area contributed by atoms with E-state index >= 15 is 0 Å². The van der Waals surface area contributed by atoms with Gasteiger partial charge in [0.05, 0.1) is 11.2 Å². The predicted octanol–water partition coefficient (Wildman–Crippen LogP) is 1.18. The number of fused-ring (bicyclic) bond motifs is 1. The molecular weight excluding hydrogens is 264 g/mol. The largest absolute Gasteiger partial charge is 0.314 e. The highest BCUT2D eigenvalue weighted by atomic mass is 16.1. The van der Waals surface area contributed by atoms with Crippen molar-refractivity contribution < 1.29 is 0 Å². The van der Waals surface area contributed by atoms with Gasteiger partial charge in [0.25, 0.3) is 5.56 Å². The molecule has 0 spiro atoms. The van der Waals surface area contributed by atoms with E-state index in [4.69, 9.17) is 4.98 Å². The monoisotopic (exact) mass is 290 g/mol. The number of hydrogen-bond donors (Lipinski definition) is 2. The van der Waals surface area contributed by atoms with E-state index in [9.17, 15) is 4.79 Å². The number of H-pyrrole nitrogens is 1. The quantitative estimate of drug-likeness (QED) is 0.803. The number of hydrogen-bond acceptors (Lipinski definition) is 4. The topological polar surface area (TPSA) is 61.0 Å². The molecule has 3 rings (SSSR count). The molecule has 0 unspecified atom stereocenters. The fraction of sp³-hybridized carbons (Fsp3) is 0.750. The minimum atomic E-state index is -0.220. The lowest BCUT2D eigenvalue weighted by atomic mass is 9.99. The zero-order chi connectivity index (χ0) is 14.9. The van der Waals surface area contributed by atoms with Crippen LogP contribution in [0.2, 0.25) is 0 Å². The Hall–Kier alpha value is -1.20. The SMILES string of the molecule is CC(C)(c1nc2c(c(=O)[nH]1)CCCCC2)N1CCNCC1. The number of nitrogens with one attached hydrogen (secondary N) is 2. The third kappa shape index (κ3) is 2.90. The van der Waals surface area contributed by atoms with Gasteiger partial charge in [-0.1, -0.05) is 6.42 Å². The van der Waals surface area contributed by atoms with Crippen LogP contribution in [0.15, 0.2) is 4.79 Å². The van der Waals surface area contributed by atoms with Gasteiger partial charge >= 0.3 is 0 Å². The fourth-order valence-corrected chi connectivity index (χ4v) is 3.44. The molecule has 0 radical (unpaired) electrons. The second-order valence-corrected chi connectivity index (χ2v) is 6.70. The van der Waals surface area contributed by atoms with Crippen LogP contribution in [0.25, 0.3) is 0 Å². The highest BCUT2D eigenvalue weighted by molar-refractivity contribution is 5.21. The number of aromatic nitrogens is 2. The average molecular weight is 290 g/mol. The molecule has 21 heavy (non-hydrogen) atoms. The predicted molar refractivity (Wildman–Crippen MR) is 83.6 cm³/mol. The standard InChI is InChI=1S/C16H26N4O/c1-16(2,20-10-8-17-9-11-20)15-18-13-7-5-3-4-6-12(13)14(21)19-15/h17H,3-11H2,1-2H3,(H,18,19,21). The highest BCUT2D eigenvalue weighted by Crippen LogP contribution is 2.26.